The fourth-order valence-electron chi connectivity index (χ4n) is 3.88. The van der Waals surface area contributed by atoms with E-state index < -0.39 is 23.4 Å². The van der Waals surface area contributed by atoms with Gasteiger partial charge in [-0.3, -0.25) is 15.0 Å². The third-order valence-corrected chi connectivity index (χ3v) is 5.81. The zero-order valence-corrected chi connectivity index (χ0v) is 18.2. The van der Waals surface area contributed by atoms with E-state index in [1.807, 2.05) is 72.8 Å². The van der Waals surface area contributed by atoms with Gasteiger partial charge >= 0.3 is 6.03 Å². The van der Waals surface area contributed by atoms with Gasteiger partial charge in [-0.1, -0.05) is 60.7 Å². The summed E-state index contributed by atoms with van der Waals surface area (Å²) in [6.07, 6.45) is 1.07. The van der Waals surface area contributed by atoms with Crippen LogP contribution in [0.4, 0.5) is 10.5 Å². The third kappa shape index (κ3) is 4.42. The molecule has 0 bridgehead atoms. The highest BCUT2D eigenvalue weighted by atomic mass is 16.2. The molecule has 0 spiro atoms. The number of amides is 4. The quantitative estimate of drug-likeness (QED) is 0.564. The number of likely N-dealkylation sites (N-methyl/N-ethyl adjacent to an activating group) is 1. The van der Waals surface area contributed by atoms with E-state index in [9.17, 15) is 14.4 Å². The fourth-order valence-corrected chi connectivity index (χ4v) is 3.88. The second-order valence-corrected chi connectivity index (χ2v) is 8.31. The molecule has 0 saturated carbocycles. The zero-order chi connectivity index (χ0) is 22.7. The number of anilines is 1. The Hall–Kier alpha value is -3.87. The van der Waals surface area contributed by atoms with Crippen molar-refractivity contribution in [3.8, 4) is 0 Å². The van der Waals surface area contributed by atoms with Crippen LogP contribution in [0, 0.1) is 0 Å². The molecule has 0 radical (unpaired) electrons. The van der Waals surface area contributed by atoms with E-state index in [-0.39, 0.29) is 6.54 Å². The zero-order valence-electron chi connectivity index (χ0n) is 18.2. The minimum Gasteiger partial charge on any atom is -0.365 e. The number of hydrogen-bond donors (Lipinski definition) is 2. The van der Waals surface area contributed by atoms with E-state index in [0.29, 0.717) is 12.8 Å². The predicted molar refractivity (Wildman–Crippen MR) is 124 cm³/mol. The summed E-state index contributed by atoms with van der Waals surface area (Å²) in [5.41, 5.74) is 3.34. The number of carbonyl (C=O) groups excluding carboxylic acids is 3. The van der Waals surface area contributed by atoms with Crippen molar-refractivity contribution in [2.24, 2.45) is 0 Å². The van der Waals surface area contributed by atoms with Crippen LogP contribution in [-0.2, 0) is 16.0 Å². The van der Waals surface area contributed by atoms with Crippen molar-refractivity contribution in [2.75, 3.05) is 18.5 Å². The molecule has 1 saturated heterocycles. The Labute approximate surface area is 187 Å². The molecule has 0 aliphatic carbocycles. The van der Waals surface area contributed by atoms with Gasteiger partial charge in [0.2, 0.25) is 0 Å². The lowest BCUT2D eigenvalue weighted by Gasteiger charge is -2.23. The number of aryl methyl sites for hydroxylation is 1. The first kappa shape index (κ1) is 21.4. The average Bonchev–Trinajstić information content (AvgIpc) is 3.01. The molecule has 7 nitrogen and oxygen atoms in total. The molecule has 7 heteroatoms. The van der Waals surface area contributed by atoms with Gasteiger partial charge in [0.25, 0.3) is 11.8 Å². The Morgan fingerprint density at radius 1 is 1.00 bits per heavy atom. The molecule has 32 heavy (non-hydrogen) atoms. The first-order valence-electron chi connectivity index (χ1n) is 10.6. The van der Waals surface area contributed by atoms with Gasteiger partial charge < -0.3 is 10.2 Å². The molecule has 1 aliphatic rings. The summed E-state index contributed by atoms with van der Waals surface area (Å²) in [6, 6.07) is 23.0. The van der Waals surface area contributed by atoms with Crippen LogP contribution in [0.15, 0.2) is 72.8 Å². The van der Waals surface area contributed by atoms with Crippen molar-refractivity contribution < 1.29 is 14.4 Å². The molecule has 4 rings (SSSR count). The molecule has 3 aromatic carbocycles. The summed E-state index contributed by atoms with van der Waals surface area (Å²) in [6.45, 7) is 1.68. The highest BCUT2D eigenvalue weighted by Gasteiger charge is 2.48. The smallest absolute Gasteiger partial charge is 0.344 e. The van der Waals surface area contributed by atoms with E-state index in [0.717, 1.165) is 27.0 Å². The van der Waals surface area contributed by atoms with Crippen LogP contribution in [0.1, 0.15) is 18.9 Å². The lowest BCUT2D eigenvalue weighted by Crippen LogP contribution is -2.51. The fraction of sp³-hybridized carbons (Fsp3) is 0.240. The second kappa shape index (κ2) is 8.70. The minimum absolute atomic E-state index is 0.00384. The molecular formula is C25H26N4O3. The van der Waals surface area contributed by atoms with E-state index in [4.69, 9.17) is 0 Å². The molecule has 164 valence electrons. The Kier molecular flexibility index (Phi) is 5.81. The van der Waals surface area contributed by atoms with Crippen molar-refractivity contribution in [3.05, 3.63) is 78.4 Å². The summed E-state index contributed by atoms with van der Waals surface area (Å²) in [4.78, 5) is 39.7. The largest absolute Gasteiger partial charge is 0.365 e. The summed E-state index contributed by atoms with van der Waals surface area (Å²) < 4.78 is 0. The van der Waals surface area contributed by atoms with E-state index in [2.05, 4.69) is 10.7 Å². The van der Waals surface area contributed by atoms with Crippen LogP contribution in [-0.4, -0.2) is 42.0 Å². The molecule has 3 aromatic rings. The Morgan fingerprint density at radius 3 is 2.44 bits per heavy atom. The molecule has 2 N–H and O–H groups in total. The molecule has 1 aliphatic heterocycles. The van der Waals surface area contributed by atoms with Gasteiger partial charge in [0.05, 0.1) is 6.54 Å². The van der Waals surface area contributed by atoms with Crippen molar-refractivity contribution in [1.82, 2.24) is 15.8 Å². The van der Waals surface area contributed by atoms with Gasteiger partial charge in [-0.2, -0.15) is 5.01 Å². The third-order valence-electron chi connectivity index (χ3n) is 5.81. The summed E-state index contributed by atoms with van der Waals surface area (Å²) in [5.74, 6) is -0.906. The van der Waals surface area contributed by atoms with Gasteiger partial charge in [0, 0.05) is 12.7 Å². The molecule has 1 fully saturated rings. The maximum atomic E-state index is 12.9. The topological polar surface area (TPSA) is 81.8 Å². The molecular weight excluding hydrogens is 404 g/mol. The summed E-state index contributed by atoms with van der Waals surface area (Å²) in [5, 5.41) is 5.70. The second-order valence-electron chi connectivity index (χ2n) is 8.31. The number of rotatable bonds is 7. The number of fused-ring (bicyclic) bond motifs is 1. The maximum Gasteiger partial charge on any atom is 0.344 e. The minimum atomic E-state index is -1.07. The van der Waals surface area contributed by atoms with Crippen LogP contribution in [0.3, 0.4) is 0 Å². The number of carbonyl (C=O) groups is 3. The standard InChI is InChI=1S/C25H26N4O3/c1-25(15-14-18-8-4-3-5-9-18)23(31)29(24(32)26-25)27-22(30)17-28(2)21-13-12-19-10-6-7-11-20(19)16-21/h3-13,16H,14-15,17H2,1-2H3,(H,26,32)(H,27,30)/t25-/m0/s1. The van der Waals surface area contributed by atoms with Gasteiger partial charge in [-0.15, -0.1) is 0 Å². The van der Waals surface area contributed by atoms with Crippen LogP contribution < -0.4 is 15.6 Å². The Balaban J connectivity index is 1.37. The van der Waals surface area contributed by atoms with Crippen LogP contribution >= 0.6 is 0 Å². The SMILES string of the molecule is CN(CC(=O)NN1C(=O)N[C@@](C)(CCc2ccccc2)C1=O)c1ccc2ccccc2c1. The molecule has 0 aromatic heterocycles. The first-order chi connectivity index (χ1) is 15.4. The normalized spacial score (nSPS) is 18.0. The van der Waals surface area contributed by atoms with Gasteiger partial charge in [0.15, 0.2) is 0 Å². The number of urea groups is 1. The van der Waals surface area contributed by atoms with Gasteiger partial charge in [-0.25, -0.2) is 4.79 Å². The lowest BCUT2D eigenvalue weighted by molar-refractivity contribution is -0.138. The van der Waals surface area contributed by atoms with Gasteiger partial charge in [0.1, 0.15) is 5.54 Å². The van der Waals surface area contributed by atoms with Crippen LogP contribution in [0.2, 0.25) is 0 Å². The Bertz CT molecular complexity index is 1160. The highest BCUT2D eigenvalue weighted by Crippen LogP contribution is 2.23. The number of hydrogen-bond acceptors (Lipinski definition) is 4. The molecule has 4 amide bonds. The average molecular weight is 431 g/mol. The number of nitrogens with one attached hydrogen (secondary N) is 2. The van der Waals surface area contributed by atoms with Crippen LogP contribution in [0.25, 0.3) is 10.8 Å². The number of benzene rings is 3. The number of imide groups is 1. The summed E-state index contributed by atoms with van der Waals surface area (Å²) >= 11 is 0. The first-order valence-corrected chi connectivity index (χ1v) is 10.6. The van der Waals surface area contributed by atoms with Crippen LogP contribution in [0.5, 0.6) is 0 Å². The molecule has 0 unspecified atom stereocenters. The predicted octanol–water partition coefficient (Wildman–Crippen LogP) is 3.25. The van der Waals surface area contributed by atoms with E-state index >= 15 is 0 Å². The Morgan fingerprint density at radius 2 is 1.69 bits per heavy atom. The number of nitrogens with zero attached hydrogens (tertiary/aromatic N) is 2. The molecule has 1 atom stereocenters. The highest BCUT2D eigenvalue weighted by molar-refractivity contribution is 6.07. The summed E-state index contributed by atoms with van der Waals surface area (Å²) in [7, 11) is 1.79. The maximum absolute atomic E-state index is 12.9. The van der Waals surface area contributed by atoms with E-state index in [1.54, 1.807) is 18.9 Å². The monoisotopic (exact) mass is 430 g/mol. The van der Waals surface area contributed by atoms with Crippen molar-refractivity contribution in [1.29, 1.82) is 0 Å². The van der Waals surface area contributed by atoms with E-state index in [1.165, 1.54) is 0 Å². The number of hydrazine groups is 1. The van der Waals surface area contributed by atoms with Gasteiger partial charge in [-0.05, 0) is 48.2 Å². The van der Waals surface area contributed by atoms with Crippen molar-refractivity contribution in [2.45, 2.75) is 25.3 Å². The lowest BCUT2D eigenvalue weighted by atomic mass is 9.93. The van der Waals surface area contributed by atoms with Crippen molar-refractivity contribution >= 4 is 34.3 Å². The molecule has 1 heterocycles. The van der Waals surface area contributed by atoms with Crippen molar-refractivity contribution in [3.63, 3.8) is 0 Å².